The third-order valence-electron chi connectivity index (χ3n) is 3.42. The Morgan fingerprint density at radius 3 is 2.19 bits per heavy atom. The normalized spacial score (nSPS) is 22.2. The molecular weight excluding hydrogens is 222 g/mol. The van der Waals surface area contributed by atoms with E-state index in [1.807, 2.05) is 25.7 Å². The Morgan fingerprint density at radius 1 is 1.31 bits per heavy atom. The molecule has 1 rings (SSSR count). The zero-order valence-electron chi connectivity index (χ0n) is 10.4. The van der Waals surface area contributed by atoms with Crippen molar-refractivity contribution in [3.05, 3.63) is 0 Å². The van der Waals surface area contributed by atoms with Gasteiger partial charge in [0.2, 0.25) is 5.91 Å². The molecule has 0 aromatic rings. The number of thiol groups is 1. The van der Waals surface area contributed by atoms with E-state index >= 15 is 0 Å². The first-order valence-corrected chi connectivity index (χ1v) is 6.60. The summed E-state index contributed by atoms with van der Waals surface area (Å²) in [4.78, 5) is 13.9. The lowest BCUT2D eigenvalue weighted by Crippen LogP contribution is -2.45. The van der Waals surface area contributed by atoms with E-state index in [1.165, 1.54) is 0 Å². The van der Waals surface area contributed by atoms with Crippen molar-refractivity contribution in [3.63, 3.8) is 0 Å². The third kappa shape index (κ3) is 3.39. The van der Waals surface area contributed by atoms with Crippen molar-refractivity contribution < 1.29 is 9.90 Å². The maximum absolute atomic E-state index is 12.0. The fraction of sp³-hybridized carbons (Fsp3) is 0.917. The maximum Gasteiger partial charge on any atom is 0.235 e. The molecule has 2 atom stereocenters. The largest absolute Gasteiger partial charge is 0.393 e. The number of carbonyl (C=O) groups is 1. The number of carbonyl (C=O) groups excluding carboxylic acids is 1. The van der Waals surface area contributed by atoms with Crippen LogP contribution in [0.2, 0.25) is 0 Å². The van der Waals surface area contributed by atoms with Gasteiger partial charge in [-0.2, -0.15) is 12.6 Å². The summed E-state index contributed by atoms with van der Waals surface area (Å²) in [5, 5.41) is 9.29. The van der Waals surface area contributed by atoms with Crippen LogP contribution in [-0.4, -0.2) is 40.4 Å². The SMILES string of the molecule is CC(C)C(S)C(=O)N1CCC(C(C)O)CC1. The van der Waals surface area contributed by atoms with Crippen LogP contribution in [0.3, 0.4) is 0 Å². The number of rotatable bonds is 3. The fourth-order valence-corrected chi connectivity index (χ4v) is 2.24. The van der Waals surface area contributed by atoms with E-state index in [4.69, 9.17) is 0 Å². The number of aliphatic hydroxyl groups excluding tert-OH is 1. The van der Waals surface area contributed by atoms with Gasteiger partial charge < -0.3 is 10.0 Å². The average molecular weight is 245 g/mol. The molecule has 0 aliphatic carbocycles. The van der Waals surface area contributed by atoms with E-state index in [0.717, 1.165) is 25.9 Å². The molecule has 1 N–H and O–H groups in total. The van der Waals surface area contributed by atoms with Crippen molar-refractivity contribution in [1.82, 2.24) is 4.90 Å². The summed E-state index contributed by atoms with van der Waals surface area (Å²) in [7, 11) is 0. The van der Waals surface area contributed by atoms with Gasteiger partial charge in [-0.25, -0.2) is 0 Å². The predicted molar refractivity (Wildman–Crippen MR) is 68.6 cm³/mol. The number of aliphatic hydroxyl groups is 1. The number of hydrogen-bond donors (Lipinski definition) is 2. The summed E-state index contributed by atoms with van der Waals surface area (Å²) in [6.45, 7) is 7.38. The molecule has 1 fully saturated rings. The molecular formula is C12H23NO2S. The molecule has 3 nitrogen and oxygen atoms in total. The lowest BCUT2D eigenvalue weighted by atomic mass is 9.92. The molecule has 1 heterocycles. The number of hydrogen-bond acceptors (Lipinski definition) is 3. The minimum absolute atomic E-state index is 0.141. The maximum atomic E-state index is 12.0. The van der Waals surface area contributed by atoms with Gasteiger partial charge in [0, 0.05) is 13.1 Å². The molecule has 1 aliphatic rings. The minimum atomic E-state index is -0.255. The van der Waals surface area contributed by atoms with Crippen LogP contribution < -0.4 is 0 Å². The van der Waals surface area contributed by atoms with Gasteiger partial charge >= 0.3 is 0 Å². The molecule has 2 unspecified atom stereocenters. The van der Waals surface area contributed by atoms with Crippen LogP contribution in [0.25, 0.3) is 0 Å². The second kappa shape index (κ2) is 5.92. The Bertz CT molecular complexity index is 235. The summed E-state index contributed by atoms with van der Waals surface area (Å²) >= 11 is 4.35. The second-order valence-corrected chi connectivity index (χ2v) is 5.65. The van der Waals surface area contributed by atoms with Crippen LogP contribution in [0.5, 0.6) is 0 Å². The second-order valence-electron chi connectivity index (χ2n) is 5.09. The highest BCUT2D eigenvalue weighted by molar-refractivity contribution is 7.81. The highest BCUT2D eigenvalue weighted by atomic mass is 32.1. The zero-order chi connectivity index (χ0) is 12.3. The molecule has 1 aliphatic heterocycles. The van der Waals surface area contributed by atoms with E-state index in [2.05, 4.69) is 12.6 Å². The molecule has 0 aromatic carbocycles. The van der Waals surface area contributed by atoms with Crippen LogP contribution in [0.1, 0.15) is 33.6 Å². The van der Waals surface area contributed by atoms with Gasteiger partial charge in [-0.3, -0.25) is 4.79 Å². The summed E-state index contributed by atoms with van der Waals surface area (Å²) in [5.74, 6) is 0.758. The van der Waals surface area contributed by atoms with Gasteiger partial charge in [-0.1, -0.05) is 13.8 Å². The Kier molecular flexibility index (Phi) is 5.12. The monoisotopic (exact) mass is 245 g/mol. The first-order chi connectivity index (χ1) is 7.43. The smallest absolute Gasteiger partial charge is 0.235 e. The van der Waals surface area contributed by atoms with E-state index < -0.39 is 0 Å². The quantitative estimate of drug-likeness (QED) is 0.741. The van der Waals surface area contributed by atoms with E-state index in [0.29, 0.717) is 5.92 Å². The highest BCUT2D eigenvalue weighted by Gasteiger charge is 2.29. The molecule has 0 spiro atoms. The van der Waals surface area contributed by atoms with Crippen LogP contribution in [0, 0.1) is 11.8 Å². The van der Waals surface area contributed by atoms with Crippen molar-refractivity contribution in [2.24, 2.45) is 11.8 Å². The molecule has 1 amide bonds. The van der Waals surface area contributed by atoms with Crippen LogP contribution in [0.15, 0.2) is 0 Å². The lowest BCUT2D eigenvalue weighted by Gasteiger charge is -2.35. The average Bonchev–Trinajstić information content (AvgIpc) is 2.27. The highest BCUT2D eigenvalue weighted by Crippen LogP contribution is 2.22. The molecule has 94 valence electrons. The van der Waals surface area contributed by atoms with Crippen LogP contribution >= 0.6 is 12.6 Å². The van der Waals surface area contributed by atoms with Crippen molar-refractivity contribution in [1.29, 1.82) is 0 Å². The zero-order valence-corrected chi connectivity index (χ0v) is 11.3. The van der Waals surface area contributed by atoms with E-state index in [1.54, 1.807) is 0 Å². The Morgan fingerprint density at radius 2 is 1.81 bits per heavy atom. The summed E-state index contributed by atoms with van der Waals surface area (Å²) in [6.07, 6.45) is 1.55. The minimum Gasteiger partial charge on any atom is -0.393 e. The molecule has 0 saturated carbocycles. The van der Waals surface area contributed by atoms with Crippen molar-refractivity contribution in [2.75, 3.05) is 13.1 Å². The number of piperidine rings is 1. The molecule has 0 aromatic heterocycles. The van der Waals surface area contributed by atoms with Gasteiger partial charge in [0.25, 0.3) is 0 Å². The van der Waals surface area contributed by atoms with Gasteiger partial charge in [0.05, 0.1) is 11.4 Å². The first kappa shape index (κ1) is 13.8. The van der Waals surface area contributed by atoms with Gasteiger partial charge in [0.1, 0.15) is 0 Å². The van der Waals surface area contributed by atoms with Crippen LogP contribution in [0.4, 0.5) is 0 Å². The summed E-state index contributed by atoms with van der Waals surface area (Å²) in [6, 6.07) is 0. The summed E-state index contributed by atoms with van der Waals surface area (Å²) in [5.41, 5.74) is 0. The summed E-state index contributed by atoms with van der Waals surface area (Å²) < 4.78 is 0. The molecule has 16 heavy (non-hydrogen) atoms. The number of nitrogens with zero attached hydrogens (tertiary/aromatic N) is 1. The van der Waals surface area contributed by atoms with E-state index in [-0.39, 0.29) is 23.2 Å². The first-order valence-electron chi connectivity index (χ1n) is 6.08. The topological polar surface area (TPSA) is 40.5 Å². The van der Waals surface area contributed by atoms with Crippen molar-refractivity contribution >= 4 is 18.5 Å². The number of likely N-dealkylation sites (tertiary alicyclic amines) is 1. The van der Waals surface area contributed by atoms with E-state index in [9.17, 15) is 9.90 Å². The van der Waals surface area contributed by atoms with Crippen molar-refractivity contribution in [2.45, 2.75) is 45.0 Å². The molecule has 0 bridgehead atoms. The Balaban J connectivity index is 2.45. The van der Waals surface area contributed by atoms with Crippen molar-refractivity contribution in [3.8, 4) is 0 Å². The fourth-order valence-electron chi connectivity index (χ4n) is 2.07. The Labute approximate surface area is 104 Å². The van der Waals surface area contributed by atoms with Gasteiger partial charge in [-0.15, -0.1) is 0 Å². The van der Waals surface area contributed by atoms with Gasteiger partial charge in [-0.05, 0) is 31.6 Å². The standard InChI is InChI=1S/C12H23NO2S/c1-8(2)11(16)12(15)13-6-4-10(5-7-13)9(3)14/h8-11,14,16H,4-7H2,1-3H3. The molecule has 4 heteroatoms. The van der Waals surface area contributed by atoms with Crippen LogP contribution in [-0.2, 0) is 4.79 Å². The lowest BCUT2D eigenvalue weighted by molar-refractivity contribution is -0.133. The third-order valence-corrected chi connectivity index (χ3v) is 4.24. The number of amides is 1. The molecule has 1 saturated heterocycles. The molecule has 0 radical (unpaired) electrons. The Hall–Kier alpha value is -0.220. The predicted octanol–water partition coefficient (Wildman–Crippen LogP) is 1.56. The van der Waals surface area contributed by atoms with Gasteiger partial charge in [0.15, 0.2) is 0 Å².